The number of benzene rings is 2. The summed E-state index contributed by atoms with van der Waals surface area (Å²) in [4.78, 5) is 25.5. The monoisotopic (exact) mass is 282 g/mol. The molecular weight excluding hydrogens is 268 g/mol. The highest BCUT2D eigenvalue weighted by atomic mass is 16.4. The molecule has 2 aromatic carbocycles. The molecule has 5 nitrogen and oxygen atoms in total. The molecule has 0 aliphatic heterocycles. The van der Waals surface area contributed by atoms with E-state index in [0.717, 1.165) is 5.56 Å². The van der Waals surface area contributed by atoms with Crippen LogP contribution in [0.1, 0.15) is 12.0 Å². The smallest absolute Gasteiger partial charge is 0.408 e. The number of H-pyrrole nitrogens is 1. The van der Waals surface area contributed by atoms with Gasteiger partial charge < -0.3 is 9.73 Å². The number of carbonyl (C=O) groups excluding carboxylic acids is 1. The lowest BCUT2D eigenvalue weighted by Gasteiger charge is -2.05. The molecule has 0 aliphatic rings. The third-order valence-corrected chi connectivity index (χ3v) is 3.19. The Labute approximate surface area is 120 Å². The van der Waals surface area contributed by atoms with Crippen LogP contribution in [0.2, 0.25) is 0 Å². The molecule has 1 amide bonds. The fraction of sp³-hybridized carbons (Fsp3) is 0.125. The summed E-state index contributed by atoms with van der Waals surface area (Å²) >= 11 is 0. The van der Waals surface area contributed by atoms with Crippen LogP contribution in [0.5, 0.6) is 0 Å². The van der Waals surface area contributed by atoms with Crippen LogP contribution >= 0.6 is 0 Å². The van der Waals surface area contributed by atoms with Gasteiger partial charge in [0.05, 0.1) is 5.52 Å². The molecule has 5 heteroatoms. The number of oxazole rings is 1. The number of rotatable bonds is 4. The van der Waals surface area contributed by atoms with Crippen LogP contribution in [0, 0.1) is 0 Å². The average Bonchev–Trinajstić information content (AvgIpc) is 2.85. The summed E-state index contributed by atoms with van der Waals surface area (Å²) in [5, 5.41) is 2.80. The fourth-order valence-electron chi connectivity index (χ4n) is 2.15. The molecule has 3 aromatic rings. The van der Waals surface area contributed by atoms with Crippen LogP contribution in [-0.4, -0.2) is 10.9 Å². The van der Waals surface area contributed by atoms with Crippen molar-refractivity contribution in [2.24, 2.45) is 0 Å². The second kappa shape index (κ2) is 5.66. The van der Waals surface area contributed by atoms with E-state index in [9.17, 15) is 9.59 Å². The van der Waals surface area contributed by atoms with E-state index in [1.165, 1.54) is 0 Å². The van der Waals surface area contributed by atoms with Gasteiger partial charge in [-0.05, 0) is 24.1 Å². The Morgan fingerprint density at radius 2 is 1.95 bits per heavy atom. The normalized spacial score (nSPS) is 10.7. The molecule has 2 N–H and O–H groups in total. The van der Waals surface area contributed by atoms with Crippen molar-refractivity contribution < 1.29 is 9.21 Å². The highest BCUT2D eigenvalue weighted by molar-refractivity contribution is 5.92. The molecule has 0 radical (unpaired) electrons. The Kier molecular flexibility index (Phi) is 3.55. The minimum atomic E-state index is -0.502. The maximum absolute atomic E-state index is 11.9. The van der Waals surface area contributed by atoms with Gasteiger partial charge in [0.1, 0.15) is 0 Å². The number of aryl methyl sites for hydroxylation is 1. The highest BCUT2D eigenvalue weighted by Gasteiger charge is 2.06. The van der Waals surface area contributed by atoms with Crippen molar-refractivity contribution in [2.45, 2.75) is 12.8 Å². The molecule has 0 fully saturated rings. The lowest BCUT2D eigenvalue weighted by molar-refractivity contribution is -0.116. The standard InChI is InChI=1S/C16H14N2O3/c19-15(9-6-11-4-2-1-3-5-11)17-12-7-8-13-14(10-12)21-16(20)18-13/h1-5,7-8,10H,6,9H2,(H,17,19)(H,18,20). The van der Waals surface area contributed by atoms with Gasteiger partial charge >= 0.3 is 5.76 Å². The molecule has 0 atom stereocenters. The Morgan fingerprint density at radius 1 is 1.14 bits per heavy atom. The van der Waals surface area contributed by atoms with Crippen molar-refractivity contribution in [3.8, 4) is 0 Å². The largest absolute Gasteiger partial charge is 0.417 e. The van der Waals surface area contributed by atoms with Crippen molar-refractivity contribution >= 4 is 22.7 Å². The molecule has 0 unspecified atom stereocenters. The van der Waals surface area contributed by atoms with E-state index in [1.54, 1.807) is 18.2 Å². The summed E-state index contributed by atoms with van der Waals surface area (Å²) in [5.74, 6) is -0.575. The Hall–Kier alpha value is -2.82. The van der Waals surface area contributed by atoms with Gasteiger partial charge in [-0.2, -0.15) is 0 Å². The number of amides is 1. The van der Waals surface area contributed by atoms with Gasteiger partial charge in [-0.3, -0.25) is 9.78 Å². The SMILES string of the molecule is O=C(CCc1ccccc1)Nc1ccc2[nH]c(=O)oc2c1. The number of aromatic amines is 1. The summed E-state index contributed by atoms with van der Waals surface area (Å²) in [5.41, 5.74) is 2.78. The zero-order chi connectivity index (χ0) is 14.7. The molecule has 0 aliphatic carbocycles. The van der Waals surface area contributed by atoms with Gasteiger partial charge in [0.25, 0.3) is 0 Å². The molecule has 21 heavy (non-hydrogen) atoms. The highest BCUT2D eigenvalue weighted by Crippen LogP contribution is 2.16. The van der Waals surface area contributed by atoms with Gasteiger partial charge in [0, 0.05) is 18.2 Å². The van der Waals surface area contributed by atoms with Crippen LogP contribution in [0.4, 0.5) is 5.69 Å². The molecule has 0 saturated carbocycles. The molecule has 1 heterocycles. The zero-order valence-electron chi connectivity index (χ0n) is 11.3. The fourth-order valence-corrected chi connectivity index (χ4v) is 2.15. The van der Waals surface area contributed by atoms with E-state index in [-0.39, 0.29) is 5.91 Å². The van der Waals surface area contributed by atoms with Crippen molar-refractivity contribution in [1.29, 1.82) is 0 Å². The molecule has 106 valence electrons. The quantitative estimate of drug-likeness (QED) is 0.772. The van der Waals surface area contributed by atoms with Gasteiger partial charge in [-0.25, -0.2) is 4.79 Å². The van der Waals surface area contributed by atoms with Crippen molar-refractivity contribution in [3.05, 3.63) is 64.6 Å². The van der Waals surface area contributed by atoms with E-state index in [2.05, 4.69) is 10.3 Å². The first-order chi connectivity index (χ1) is 10.2. The molecule has 0 spiro atoms. The number of hydrogen-bond donors (Lipinski definition) is 2. The van der Waals surface area contributed by atoms with Crippen LogP contribution in [0.25, 0.3) is 11.1 Å². The second-order valence-corrected chi connectivity index (χ2v) is 4.76. The summed E-state index contributed by atoms with van der Waals surface area (Å²) in [6.45, 7) is 0. The van der Waals surface area contributed by atoms with E-state index in [1.807, 2.05) is 30.3 Å². The molecule has 1 aromatic heterocycles. The second-order valence-electron chi connectivity index (χ2n) is 4.76. The maximum Gasteiger partial charge on any atom is 0.417 e. The number of hydrogen-bond acceptors (Lipinski definition) is 3. The maximum atomic E-state index is 11.9. The number of nitrogens with one attached hydrogen (secondary N) is 2. The van der Waals surface area contributed by atoms with Crippen LogP contribution in [0.3, 0.4) is 0 Å². The Bertz CT molecular complexity index is 818. The van der Waals surface area contributed by atoms with Crippen LogP contribution < -0.4 is 11.1 Å². The number of aromatic nitrogens is 1. The van der Waals surface area contributed by atoms with Crippen LogP contribution in [-0.2, 0) is 11.2 Å². The minimum absolute atomic E-state index is 0.0731. The van der Waals surface area contributed by atoms with E-state index >= 15 is 0 Å². The first-order valence-corrected chi connectivity index (χ1v) is 6.67. The summed E-state index contributed by atoms with van der Waals surface area (Å²) < 4.78 is 4.96. The van der Waals surface area contributed by atoms with E-state index in [0.29, 0.717) is 29.6 Å². The third kappa shape index (κ3) is 3.20. The summed E-state index contributed by atoms with van der Waals surface area (Å²) in [6, 6.07) is 14.9. The average molecular weight is 282 g/mol. The molecule has 3 rings (SSSR count). The Balaban J connectivity index is 1.64. The van der Waals surface area contributed by atoms with Gasteiger partial charge in [0.15, 0.2) is 5.58 Å². The van der Waals surface area contributed by atoms with Gasteiger partial charge in [-0.15, -0.1) is 0 Å². The molecular formula is C16H14N2O3. The number of fused-ring (bicyclic) bond motifs is 1. The zero-order valence-corrected chi connectivity index (χ0v) is 11.3. The van der Waals surface area contributed by atoms with E-state index in [4.69, 9.17) is 4.42 Å². The first kappa shape index (κ1) is 13.2. The van der Waals surface area contributed by atoms with Crippen LogP contribution in [0.15, 0.2) is 57.7 Å². The summed E-state index contributed by atoms with van der Waals surface area (Å²) in [6.07, 6.45) is 1.09. The molecule has 0 bridgehead atoms. The summed E-state index contributed by atoms with van der Waals surface area (Å²) in [7, 11) is 0. The lowest BCUT2D eigenvalue weighted by atomic mass is 10.1. The minimum Gasteiger partial charge on any atom is -0.408 e. The van der Waals surface area contributed by atoms with Crippen molar-refractivity contribution in [3.63, 3.8) is 0 Å². The van der Waals surface area contributed by atoms with Crippen molar-refractivity contribution in [1.82, 2.24) is 4.98 Å². The predicted octanol–water partition coefficient (Wildman–Crippen LogP) is 2.69. The molecule has 0 saturated heterocycles. The topological polar surface area (TPSA) is 75.1 Å². The number of carbonyl (C=O) groups is 1. The number of anilines is 1. The predicted molar refractivity (Wildman–Crippen MR) is 80.2 cm³/mol. The third-order valence-electron chi connectivity index (χ3n) is 3.19. The first-order valence-electron chi connectivity index (χ1n) is 6.67. The Morgan fingerprint density at radius 3 is 2.76 bits per heavy atom. The lowest BCUT2D eigenvalue weighted by Crippen LogP contribution is -2.12. The van der Waals surface area contributed by atoms with Crippen molar-refractivity contribution in [2.75, 3.05) is 5.32 Å². The van der Waals surface area contributed by atoms with Gasteiger partial charge in [0.2, 0.25) is 5.91 Å². The van der Waals surface area contributed by atoms with Gasteiger partial charge in [-0.1, -0.05) is 30.3 Å². The van der Waals surface area contributed by atoms with E-state index < -0.39 is 5.76 Å².